The first-order chi connectivity index (χ1) is 6.34. The van der Waals surface area contributed by atoms with Crippen LogP contribution >= 0.6 is 0 Å². The second kappa shape index (κ2) is 5.63. The van der Waals surface area contributed by atoms with Crippen molar-refractivity contribution in [3.05, 3.63) is 36.2 Å². The molecular weight excluding hydrogens is 158 g/mol. The lowest BCUT2D eigenvalue weighted by atomic mass is 10.0. The minimum absolute atomic E-state index is 0.646. The first kappa shape index (κ1) is 10.1. The molecule has 0 fully saturated rings. The van der Waals surface area contributed by atoms with Crippen molar-refractivity contribution < 1.29 is 0 Å². The molecule has 1 N–H and O–H groups in total. The molecule has 13 heavy (non-hydrogen) atoms. The fourth-order valence-corrected chi connectivity index (χ4v) is 1.44. The van der Waals surface area contributed by atoms with Crippen molar-refractivity contribution in [1.29, 1.82) is 0 Å². The highest BCUT2D eigenvalue weighted by atomic mass is 14.9. The number of allylic oxidation sites excluding steroid dienone is 5. The van der Waals surface area contributed by atoms with E-state index >= 15 is 0 Å². The van der Waals surface area contributed by atoms with Gasteiger partial charge in [-0.2, -0.15) is 0 Å². The lowest BCUT2D eigenvalue weighted by Gasteiger charge is -2.14. The van der Waals surface area contributed by atoms with Crippen LogP contribution in [0.5, 0.6) is 0 Å². The molecule has 1 rings (SSSR count). The van der Waals surface area contributed by atoms with Crippen LogP contribution in [0.4, 0.5) is 0 Å². The molecular formula is C12H19N. The summed E-state index contributed by atoms with van der Waals surface area (Å²) in [5.41, 5.74) is 1.33. The molecule has 0 bridgehead atoms. The van der Waals surface area contributed by atoms with E-state index in [-0.39, 0.29) is 0 Å². The molecule has 0 aromatic carbocycles. The Labute approximate surface area is 81.2 Å². The number of hydrogen-bond donors (Lipinski definition) is 1. The summed E-state index contributed by atoms with van der Waals surface area (Å²) in [7, 11) is 0. The zero-order chi connectivity index (χ0) is 9.52. The Balaban J connectivity index is 2.45. The maximum atomic E-state index is 3.31. The van der Waals surface area contributed by atoms with Crippen molar-refractivity contribution in [2.24, 2.45) is 5.92 Å². The Bertz CT molecular complexity index is 223. The summed E-state index contributed by atoms with van der Waals surface area (Å²) in [5.74, 6) is 0.646. The van der Waals surface area contributed by atoms with Crippen LogP contribution < -0.4 is 5.32 Å². The molecule has 1 atom stereocenters. The molecule has 1 aliphatic heterocycles. The molecule has 0 saturated heterocycles. The highest BCUT2D eigenvalue weighted by molar-refractivity contribution is 5.22. The fourth-order valence-electron chi connectivity index (χ4n) is 1.44. The van der Waals surface area contributed by atoms with E-state index in [0.717, 1.165) is 0 Å². The predicted molar refractivity (Wildman–Crippen MR) is 58.2 cm³/mol. The Morgan fingerprint density at radius 3 is 2.92 bits per heavy atom. The van der Waals surface area contributed by atoms with Crippen molar-refractivity contribution in [1.82, 2.24) is 5.32 Å². The third kappa shape index (κ3) is 3.49. The maximum absolute atomic E-state index is 3.31. The van der Waals surface area contributed by atoms with Gasteiger partial charge in [0, 0.05) is 11.9 Å². The van der Waals surface area contributed by atoms with Crippen LogP contribution in [0.2, 0.25) is 0 Å². The van der Waals surface area contributed by atoms with Gasteiger partial charge in [0.25, 0.3) is 0 Å². The van der Waals surface area contributed by atoms with E-state index in [1.807, 2.05) is 18.4 Å². The standard InChI is InChI=1S/C12H19N/c1-3-4-8-11(2)12-9-6-5-7-10-13-12/h5-7,9-11,13H,3-4,8H2,1-2H3. The molecule has 0 radical (unpaired) electrons. The first-order valence-corrected chi connectivity index (χ1v) is 5.14. The van der Waals surface area contributed by atoms with Crippen molar-refractivity contribution in [3.63, 3.8) is 0 Å². The second-order valence-electron chi connectivity index (χ2n) is 3.55. The van der Waals surface area contributed by atoms with E-state index in [0.29, 0.717) is 5.92 Å². The minimum atomic E-state index is 0.646. The number of nitrogens with one attached hydrogen (secondary N) is 1. The van der Waals surface area contributed by atoms with Gasteiger partial charge >= 0.3 is 0 Å². The van der Waals surface area contributed by atoms with Crippen LogP contribution in [0.15, 0.2) is 36.2 Å². The van der Waals surface area contributed by atoms with E-state index < -0.39 is 0 Å². The van der Waals surface area contributed by atoms with E-state index in [1.54, 1.807) is 0 Å². The van der Waals surface area contributed by atoms with Crippen LogP contribution in [-0.2, 0) is 0 Å². The van der Waals surface area contributed by atoms with E-state index in [2.05, 4.69) is 31.3 Å². The molecule has 0 aromatic heterocycles. The van der Waals surface area contributed by atoms with Gasteiger partial charge in [-0.25, -0.2) is 0 Å². The molecule has 72 valence electrons. The smallest absolute Gasteiger partial charge is 0.0175 e. The lowest BCUT2D eigenvalue weighted by Crippen LogP contribution is -2.12. The summed E-state index contributed by atoms with van der Waals surface area (Å²) >= 11 is 0. The average molecular weight is 177 g/mol. The Kier molecular flexibility index (Phi) is 4.37. The molecule has 0 amide bonds. The normalized spacial score (nSPS) is 17.5. The van der Waals surface area contributed by atoms with Gasteiger partial charge in [-0.15, -0.1) is 0 Å². The van der Waals surface area contributed by atoms with Gasteiger partial charge in [0.05, 0.1) is 0 Å². The second-order valence-corrected chi connectivity index (χ2v) is 3.55. The van der Waals surface area contributed by atoms with Crippen LogP contribution in [0.25, 0.3) is 0 Å². The van der Waals surface area contributed by atoms with E-state index in [1.165, 1.54) is 25.0 Å². The summed E-state index contributed by atoms with van der Waals surface area (Å²) in [6.45, 7) is 4.52. The maximum Gasteiger partial charge on any atom is 0.0175 e. The number of unbranched alkanes of at least 4 members (excludes halogenated alkanes) is 1. The third-order valence-corrected chi connectivity index (χ3v) is 2.37. The van der Waals surface area contributed by atoms with Crippen molar-refractivity contribution >= 4 is 0 Å². The van der Waals surface area contributed by atoms with Gasteiger partial charge in [-0.1, -0.05) is 38.8 Å². The van der Waals surface area contributed by atoms with E-state index in [9.17, 15) is 0 Å². The SMILES string of the molecule is CCCCC(C)C1=CC=CC=CN1. The molecule has 0 spiro atoms. The molecule has 1 heterocycles. The van der Waals surface area contributed by atoms with Crippen LogP contribution in [0, 0.1) is 5.92 Å². The quantitative estimate of drug-likeness (QED) is 0.694. The van der Waals surface area contributed by atoms with Gasteiger partial charge in [0.15, 0.2) is 0 Å². The number of rotatable bonds is 4. The average Bonchev–Trinajstić information content (AvgIpc) is 2.42. The largest absolute Gasteiger partial charge is 0.365 e. The molecule has 1 aliphatic rings. The highest BCUT2D eigenvalue weighted by Gasteiger charge is 2.06. The molecule has 1 heteroatoms. The Morgan fingerprint density at radius 1 is 1.31 bits per heavy atom. The summed E-state index contributed by atoms with van der Waals surface area (Å²) in [5, 5.41) is 3.31. The molecule has 0 aromatic rings. The van der Waals surface area contributed by atoms with Gasteiger partial charge in [0.1, 0.15) is 0 Å². The molecule has 0 saturated carbocycles. The predicted octanol–water partition coefficient (Wildman–Crippen LogP) is 3.37. The third-order valence-electron chi connectivity index (χ3n) is 2.37. The van der Waals surface area contributed by atoms with Gasteiger partial charge < -0.3 is 5.32 Å². The van der Waals surface area contributed by atoms with Gasteiger partial charge in [-0.05, 0) is 24.5 Å². The van der Waals surface area contributed by atoms with Crippen LogP contribution in [0.3, 0.4) is 0 Å². The first-order valence-electron chi connectivity index (χ1n) is 5.14. The van der Waals surface area contributed by atoms with E-state index in [4.69, 9.17) is 0 Å². The summed E-state index contributed by atoms with van der Waals surface area (Å²) in [4.78, 5) is 0. The lowest BCUT2D eigenvalue weighted by molar-refractivity contribution is 0.552. The minimum Gasteiger partial charge on any atom is -0.365 e. The summed E-state index contributed by atoms with van der Waals surface area (Å²) in [6, 6.07) is 0. The molecule has 1 nitrogen and oxygen atoms in total. The fraction of sp³-hybridized carbons (Fsp3) is 0.500. The van der Waals surface area contributed by atoms with Crippen molar-refractivity contribution in [3.8, 4) is 0 Å². The van der Waals surface area contributed by atoms with Crippen molar-refractivity contribution in [2.75, 3.05) is 0 Å². The monoisotopic (exact) mass is 177 g/mol. The zero-order valence-electron chi connectivity index (χ0n) is 8.59. The van der Waals surface area contributed by atoms with Crippen molar-refractivity contribution in [2.45, 2.75) is 33.1 Å². The van der Waals surface area contributed by atoms with Crippen LogP contribution in [-0.4, -0.2) is 0 Å². The molecule has 0 aliphatic carbocycles. The van der Waals surface area contributed by atoms with Gasteiger partial charge in [0.2, 0.25) is 0 Å². The zero-order valence-corrected chi connectivity index (χ0v) is 8.59. The molecule has 1 unspecified atom stereocenters. The topological polar surface area (TPSA) is 12.0 Å². The summed E-state index contributed by atoms with van der Waals surface area (Å²) < 4.78 is 0. The Morgan fingerprint density at radius 2 is 2.15 bits per heavy atom. The van der Waals surface area contributed by atoms with Crippen LogP contribution in [0.1, 0.15) is 33.1 Å². The summed E-state index contributed by atoms with van der Waals surface area (Å²) in [6.07, 6.45) is 14.2. The number of hydrogen-bond acceptors (Lipinski definition) is 1. The highest BCUT2D eigenvalue weighted by Crippen LogP contribution is 2.16. The van der Waals surface area contributed by atoms with Gasteiger partial charge in [-0.3, -0.25) is 0 Å². The Hall–Kier alpha value is -0.980.